The van der Waals surface area contributed by atoms with Gasteiger partial charge in [-0.1, -0.05) is 0 Å². The average molecular weight is 272 g/mol. The van der Waals surface area contributed by atoms with Crippen LogP contribution in [-0.2, 0) is 4.79 Å². The normalized spacial score (nSPS) is 18.0. The highest BCUT2D eigenvalue weighted by Gasteiger charge is 2.51. The molecule has 2 aliphatic rings. The molecule has 0 amide bonds. The van der Waals surface area contributed by atoms with Gasteiger partial charge in [0.1, 0.15) is 11.4 Å². The maximum atomic E-state index is 11.3. The second-order valence-corrected chi connectivity index (χ2v) is 5.10. The number of ether oxygens (including phenoxy) is 2. The topological polar surface area (TPSA) is 80.7 Å². The van der Waals surface area contributed by atoms with Crippen molar-refractivity contribution in [1.82, 2.24) is 4.98 Å². The van der Waals surface area contributed by atoms with E-state index >= 15 is 0 Å². The Bertz CT molecular complexity index is 724. The summed E-state index contributed by atoms with van der Waals surface area (Å²) in [5.41, 5.74) is -0.863. The number of hydrogen-bond acceptors (Lipinski definition) is 5. The molecule has 1 aliphatic carbocycles. The fraction of sp³-hybridized carbons (Fsp3) is 0.286. The standard InChI is InChI=1S/C14H12N2O4/c17-13(18)14(2-3-14)16-12-9-6-11-10(19-7-20-11)5-8(9)1-4-15-12/h1,4-6H,2-3,7H2,(H,15,16)(H,17,18). The van der Waals surface area contributed by atoms with Crippen molar-refractivity contribution in [2.75, 3.05) is 12.1 Å². The van der Waals surface area contributed by atoms with E-state index in [0.717, 1.165) is 10.8 Å². The minimum absolute atomic E-state index is 0.209. The molecule has 1 aromatic carbocycles. The predicted octanol–water partition coefficient (Wildman–Crippen LogP) is 1.99. The Balaban J connectivity index is 1.82. The molecule has 102 valence electrons. The summed E-state index contributed by atoms with van der Waals surface area (Å²) in [6.07, 6.45) is 2.89. The van der Waals surface area contributed by atoms with Crippen molar-refractivity contribution < 1.29 is 19.4 Å². The first-order valence-corrected chi connectivity index (χ1v) is 6.38. The number of carboxylic acids is 1. The van der Waals surface area contributed by atoms with Crippen LogP contribution >= 0.6 is 0 Å². The van der Waals surface area contributed by atoms with Gasteiger partial charge in [-0.15, -0.1) is 0 Å². The van der Waals surface area contributed by atoms with Gasteiger partial charge >= 0.3 is 5.97 Å². The first kappa shape index (κ1) is 11.3. The number of fused-ring (bicyclic) bond motifs is 2. The van der Waals surface area contributed by atoms with E-state index < -0.39 is 11.5 Å². The van der Waals surface area contributed by atoms with E-state index in [-0.39, 0.29) is 6.79 Å². The van der Waals surface area contributed by atoms with Crippen LogP contribution in [0.1, 0.15) is 12.8 Å². The molecule has 20 heavy (non-hydrogen) atoms. The molecule has 6 nitrogen and oxygen atoms in total. The van der Waals surface area contributed by atoms with E-state index in [1.165, 1.54) is 0 Å². The maximum absolute atomic E-state index is 11.3. The van der Waals surface area contributed by atoms with Gasteiger partial charge < -0.3 is 19.9 Å². The lowest BCUT2D eigenvalue weighted by atomic mass is 10.1. The summed E-state index contributed by atoms with van der Waals surface area (Å²) in [7, 11) is 0. The summed E-state index contributed by atoms with van der Waals surface area (Å²) < 4.78 is 10.7. The number of nitrogens with one attached hydrogen (secondary N) is 1. The molecule has 0 saturated heterocycles. The van der Waals surface area contributed by atoms with Crippen LogP contribution in [0.5, 0.6) is 11.5 Å². The Kier molecular flexibility index (Phi) is 2.13. The number of aromatic nitrogens is 1. The lowest BCUT2D eigenvalue weighted by Gasteiger charge is -2.15. The highest BCUT2D eigenvalue weighted by Crippen LogP contribution is 2.42. The molecular weight excluding hydrogens is 260 g/mol. The number of anilines is 1. The summed E-state index contributed by atoms with van der Waals surface area (Å²) in [4.78, 5) is 15.5. The number of nitrogens with zero attached hydrogens (tertiary/aromatic N) is 1. The van der Waals surface area contributed by atoms with Crippen molar-refractivity contribution in [3.63, 3.8) is 0 Å². The molecule has 1 aliphatic heterocycles. The molecule has 0 spiro atoms. The van der Waals surface area contributed by atoms with Gasteiger partial charge in [-0.25, -0.2) is 9.78 Å². The zero-order valence-corrected chi connectivity index (χ0v) is 10.5. The van der Waals surface area contributed by atoms with Crippen molar-refractivity contribution in [3.8, 4) is 11.5 Å². The first-order chi connectivity index (χ1) is 9.68. The van der Waals surface area contributed by atoms with Crippen molar-refractivity contribution in [1.29, 1.82) is 0 Å². The van der Waals surface area contributed by atoms with Crippen molar-refractivity contribution in [2.45, 2.75) is 18.4 Å². The number of pyridine rings is 1. The molecule has 0 atom stereocenters. The minimum atomic E-state index is -0.863. The zero-order chi connectivity index (χ0) is 13.7. The van der Waals surface area contributed by atoms with E-state index in [2.05, 4.69) is 10.3 Å². The number of aliphatic carboxylic acids is 1. The first-order valence-electron chi connectivity index (χ1n) is 6.38. The van der Waals surface area contributed by atoms with Gasteiger partial charge in [-0.3, -0.25) is 0 Å². The van der Waals surface area contributed by atoms with E-state index in [4.69, 9.17) is 9.47 Å². The van der Waals surface area contributed by atoms with Gasteiger partial charge in [-0.05, 0) is 36.4 Å². The largest absolute Gasteiger partial charge is 0.480 e. The summed E-state index contributed by atoms with van der Waals surface area (Å²) in [6.45, 7) is 0.209. The fourth-order valence-corrected chi connectivity index (χ4v) is 2.41. The van der Waals surface area contributed by atoms with E-state index in [9.17, 15) is 9.90 Å². The lowest BCUT2D eigenvalue weighted by Crippen LogP contribution is -2.31. The van der Waals surface area contributed by atoms with Crippen LogP contribution in [0, 0.1) is 0 Å². The van der Waals surface area contributed by atoms with Crippen LogP contribution in [-0.4, -0.2) is 28.4 Å². The second kappa shape index (κ2) is 3.75. The molecule has 4 rings (SSSR count). The van der Waals surface area contributed by atoms with Crippen LogP contribution in [0.4, 0.5) is 5.82 Å². The Morgan fingerprint density at radius 2 is 2.05 bits per heavy atom. The summed E-state index contributed by atoms with van der Waals surface area (Å²) in [5, 5.41) is 14.1. The van der Waals surface area contributed by atoms with Gasteiger partial charge in [0, 0.05) is 11.6 Å². The van der Waals surface area contributed by atoms with Crippen molar-refractivity contribution in [2.24, 2.45) is 0 Å². The van der Waals surface area contributed by atoms with Crippen molar-refractivity contribution >= 4 is 22.6 Å². The average Bonchev–Trinajstić information content (AvgIpc) is 3.08. The zero-order valence-electron chi connectivity index (χ0n) is 10.5. The lowest BCUT2D eigenvalue weighted by molar-refractivity contribution is -0.138. The van der Waals surface area contributed by atoms with E-state index in [0.29, 0.717) is 30.2 Å². The molecule has 0 radical (unpaired) electrons. The SMILES string of the molecule is O=C(O)C1(Nc2nccc3cc4c(cc23)OCO4)CC1. The van der Waals surface area contributed by atoms with Crippen molar-refractivity contribution in [3.05, 3.63) is 24.4 Å². The van der Waals surface area contributed by atoms with Gasteiger partial charge in [0.15, 0.2) is 11.5 Å². The third-order valence-electron chi connectivity index (χ3n) is 3.77. The molecule has 2 aromatic rings. The quantitative estimate of drug-likeness (QED) is 0.889. The van der Waals surface area contributed by atoms with Gasteiger partial charge in [0.25, 0.3) is 0 Å². The molecule has 6 heteroatoms. The Labute approximate surface area is 114 Å². The number of carbonyl (C=O) groups is 1. The van der Waals surface area contributed by atoms with Crippen LogP contribution < -0.4 is 14.8 Å². The molecule has 0 unspecified atom stereocenters. The molecule has 0 bridgehead atoms. The minimum Gasteiger partial charge on any atom is -0.480 e. The fourth-order valence-electron chi connectivity index (χ4n) is 2.41. The summed E-state index contributed by atoms with van der Waals surface area (Å²) in [5.74, 6) is 1.10. The Morgan fingerprint density at radius 3 is 2.75 bits per heavy atom. The maximum Gasteiger partial charge on any atom is 0.329 e. The molecule has 1 saturated carbocycles. The predicted molar refractivity (Wildman–Crippen MR) is 71.1 cm³/mol. The van der Waals surface area contributed by atoms with Gasteiger partial charge in [-0.2, -0.15) is 0 Å². The second-order valence-electron chi connectivity index (χ2n) is 5.10. The van der Waals surface area contributed by atoms with Gasteiger partial charge in [0.2, 0.25) is 6.79 Å². The van der Waals surface area contributed by atoms with E-state index in [1.807, 2.05) is 18.2 Å². The number of carboxylic acid groups (broad SMARTS) is 1. The smallest absolute Gasteiger partial charge is 0.329 e. The monoisotopic (exact) mass is 272 g/mol. The van der Waals surface area contributed by atoms with Gasteiger partial charge in [0.05, 0.1) is 0 Å². The van der Waals surface area contributed by atoms with Crippen LogP contribution in [0.2, 0.25) is 0 Å². The molecule has 1 fully saturated rings. The third kappa shape index (κ3) is 1.57. The molecule has 1 aromatic heterocycles. The molecule has 2 heterocycles. The van der Waals surface area contributed by atoms with Crippen LogP contribution in [0.3, 0.4) is 0 Å². The summed E-state index contributed by atoms with van der Waals surface area (Å²) >= 11 is 0. The molecular formula is C14H12N2O4. The Morgan fingerprint density at radius 1 is 1.30 bits per heavy atom. The van der Waals surface area contributed by atoms with Crippen LogP contribution in [0.25, 0.3) is 10.8 Å². The number of rotatable bonds is 3. The number of benzene rings is 1. The summed E-state index contributed by atoms with van der Waals surface area (Å²) in [6, 6.07) is 5.58. The number of hydrogen-bond donors (Lipinski definition) is 2. The molecule has 2 N–H and O–H groups in total. The van der Waals surface area contributed by atoms with E-state index in [1.54, 1.807) is 6.20 Å². The van der Waals surface area contributed by atoms with Crippen LogP contribution in [0.15, 0.2) is 24.4 Å². The highest BCUT2D eigenvalue weighted by atomic mass is 16.7. The third-order valence-corrected chi connectivity index (χ3v) is 3.77. The Hall–Kier alpha value is -2.50. The highest BCUT2D eigenvalue weighted by molar-refractivity contribution is 5.97.